The van der Waals surface area contributed by atoms with Crippen molar-refractivity contribution in [1.82, 2.24) is 5.32 Å². The summed E-state index contributed by atoms with van der Waals surface area (Å²) in [6.07, 6.45) is 80.1. The summed E-state index contributed by atoms with van der Waals surface area (Å²) in [6.45, 7) is 4.38. The number of hydrogen-bond acceptors (Lipinski definition) is 3. The molecule has 2 atom stereocenters. The highest BCUT2D eigenvalue weighted by atomic mass is 16.3. The molecule has 0 saturated heterocycles. The summed E-state index contributed by atoms with van der Waals surface area (Å²) in [4.78, 5) is 12.5. The van der Waals surface area contributed by atoms with Gasteiger partial charge in [-0.25, -0.2) is 0 Å². The highest BCUT2D eigenvalue weighted by Gasteiger charge is 2.20. The van der Waals surface area contributed by atoms with Crippen LogP contribution in [0.5, 0.6) is 0 Å². The first-order chi connectivity index (χ1) is 33.2. The van der Waals surface area contributed by atoms with Crippen LogP contribution in [-0.2, 0) is 4.79 Å². The zero-order valence-corrected chi connectivity index (χ0v) is 45.7. The van der Waals surface area contributed by atoms with Crippen LogP contribution in [-0.4, -0.2) is 34.9 Å². The third-order valence-corrected chi connectivity index (χ3v) is 14.4. The molecule has 2 unspecified atom stereocenters. The number of aliphatic hydroxyl groups is 2. The molecule has 0 aromatic rings. The summed E-state index contributed by atoms with van der Waals surface area (Å²) in [5.41, 5.74) is 0. The lowest BCUT2D eigenvalue weighted by atomic mass is 10.0. The van der Waals surface area contributed by atoms with Gasteiger partial charge < -0.3 is 15.5 Å². The van der Waals surface area contributed by atoms with E-state index in [1.165, 1.54) is 276 Å². The van der Waals surface area contributed by atoms with E-state index in [9.17, 15) is 15.0 Å². The summed E-state index contributed by atoms with van der Waals surface area (Å²) < 4.78 is 0. The molecule has 4 heteroatoms. The van der Waals surface area contributed by atoms with E-state index >= 15 is 0 Å². The summed E-state index contributed by atoms with van der Waals surface area (Å²) >= 11 is 0. The van der Waals surface area contributed by atoms with Gasteiger partial charge in [0.1, 0.15) is 0 Å². The number of amides is 1. The molecular formula is C63H121NO3. The van der Waals surface area contributed by atoms with E-state index in [0.29, 0.717) is 12.8 Å². The molecule has 0 aromatic heterocycles. The van der Waals surface area contributed by atoms with Crippen molar-refractivity contribution >= 4 is 5.91 Å². The molecule has 1 amide bonds. The van der Waals surface area contributed by atoms with E-state index < -0.39 is 12.1 Å². The van der Waals surface area contributed by atoms with Gasteiger partial charge in [-0.1, -0.05) is 320 Å². The fraction of sp³-hybridized carbons (Fsp3) is 0.889. The van der Waals surface area contributed by atoms with Gasteiger partial charge in [0.15, 0.2) is 0 Å². The van der Waals surface area contributed by atoms with Gasteiger partial charge in [-0.3, -0.25) is 4.79 Å². The molecule has 0 aromatic carbocycles. The number of hydrogen-bond donors (Lipinski definition) is 3. The van der Waals surface area contributed by atoms with Crippen LogP contribution in [0, 0.1) is 0 Å². The van der Waals surface area contributed by atoms with Crippen molar-refractivity contribution in [1.29, 1.82) is 0 Å². The third kappa shape index (κ3) is 55.4. The Bertz CT molecular complexity index is 1020. The van der Waals surface area contributed by atoms with Gasteiger partial charge in [0.25, 0.3) is 0 Å². The molecule has 0 rings (SSSR count). The zero-order chi connectivity index (χ0) is 48.5. The lowest BCUT2D eigenvalue weighted by Gasteiger charge is -2.22. The third-order valence-electron chi connectivity index (χ3n) is 14.4. The van der Waals surface area contributed by atoms with Crippen LogP contribution in [0.15, 0.2) is 36.5 Å². The average molecular weight is 941 g/mol. The van der Waals surface area contributed by atoms with Gasteiger partial charge in [0.05, 0.1) is 18.8 Å². The number of carbonyl (C=O) groups excluding carboxylic acids is 1. The quantitative estimate of drug-likeness (QED) is 0.0420. The summed E-state index contributed by atoms with van der Waals surface area (Å²) in [7, 11) is 0. The van der Waals surface area contributed by atoms with Gasteiger partial charge >= 0.3 is 0 Å². The van der Waals surface area contributed by atoms with E-state index in [-0.39, 0.29) is 12.5 Å². The molecule has 3 N–H and O–H groups in total. The molecule has 0 heterocycles. The Morgan fingerprint density at radius 1 is 0.358 bits per heavy atom. The van der Waals surface area contributed by atoms with Gasteiger partial charge in [0.2, 0.25) is 5.91 Å². The second kappa shape index (κ2) is 58.9. The Labute approximate surface area is 421 Å². The first-order valence-corrected chi connectivity index (χ1v) is 30.7. The van der Waals surface area contributed by atoms with Gasteiger partial charge in [0, 0.05) is 6.42 Å². The maximum atomic E-state index is 12.5. The highest BCUT2D eigenvalue weighted by Crippen LogP contribution is 2.18. The van der Waals surface area contributed by atoms with Crippen molar-refractivity contribution in [2.24, 2.45) is 0 Å². The standard InChI is InChI=1S/C63H121NO3/c1-3-5-7-9-11-13-15-17-19-21-23-25-27-29-30-31-32-33-34-35-37-39-41-43-45-47-49-51-53-55-57-59-63(67)64-61(60-65)62(66)58-56-54-52-50-48-46-44-42-40-38-36-28-26-24-22-20-18-16-14-12-10-8-6-4-2/h15,17,21,23,27,29,61-62,65-66H,3-14,16,18-20,22,24-26,28,30-60H2,1-2H3,(H,64,67)/b17-15-,23-21-,29-27-. The lowest BCUT2D eigenvalue weighted by molar-refractivity contribution is -0.123. The smallest absolute Gasteiger partial charge is 0.220 e. The minimum Gasteiger partial charge on any atom is -0.394 e. The van der Waals surface area contributed by atoms with E-state index in [0.717, 1.165) is 38.5 Å². The number of unbranched alkanes of at least 4 members (excludes halogenated alkanes) is 44. The molecule has 0 radical (unpaired) electrons. The number of aliphatic hydroxyl groups excluding tert-OH is 2. The molecule has 396 valence electrons. The maximum absolute atomic E-state index is 12.5. The fourth-order valence-electron chi connectivity index (χ4n) is 9.73. The topological polar surface area (TPSA) is 69.6 Å². The normalized spacial score (nSPS) is 13.0. The van der Waals surface area contributed by atoms with Crippen LogP contribution >= 0.6 is 0 Å². The Balaban J connectivity index is 3.43. The van der Waals surface area contributed by atoms with E-state index in [2.05, 4.69) is 55.6 Å². The SMILES string of the molecule is CCCCCCC/C=C\C/C=C\C/C=C\CCCCCCCCCCCCCCCCCCC(=O)NC(CO)C(O)CCCCCCCCCCCCCCCCCCCCCCCCCC. The maximum Gasteiger partial charge on any atom is 0.220 e. The minimum atomic E-state index is -0.660. The molecule has 0 fully saturated rings. The zero-order valence-electron chi connectivity index (χ0n) is 45.7. The summed E-state index contributed by atoms with van der Waals surface area (Å²) in [5, 5.41) is 23.4. The van der Waals surface area contributed by atoms with Gasteiger partial charge in [-0.15, -0.1) is 0 Å². The second-order valence-electron chi connectivity index (χ2n) is 21.1. The molecular weight excluding hydrogens is 819 g/mol. The number of nitrogens with one attached hydrogen (secondary N) is 1. The molecule has 67 heavy (non-hydrogen) atoms. The van der Waals surface area contributed by atoms with Crippen LogP contribution in [0.2, 0.25) is 0 Å². The number of rotatable bonds is 57. The van der Waals surface area contributed by atoms with Crippen molar-refractivity contribution in [2.75, 3.05) is 6.61 Å². The van der Waals surface area contributed by atoms with Crippen LogP contribution in [0.4, 0.5) is 0 Å². The van der Waals surface area contributed by atoms with Crippen molar-refractivity contribution in [3.8, 4) is 0 Å². The summed E-state index contributed by atoms with van der Waals surface area (Å²) in [6, 6.07) is -0.537. The van der Waals surface area contributed by atoms with Crippen molar-refractivity contribution in [2.45, 2.75) is 353 Å². The van der Waals surface area contributed by atoms with Gasteiger partial charge in [-0.05, 0) is 51.4 Å². The first kappa shape index (κ1) is 65.6. The highest BCUT2D eigenvalue weighted by molar-refractivity contribution is 5.76. The largest absolute Gasteiger partial charge is 0.394 e. The number of carbonyl (C=O) groups is 1. The fourth-order valence-corrected chi connectivity index (χ4v) is 9.73. The molecule has 0 saturated carbocycles. The monoisotopic (exact) mass is 940 g/mol. The van der Waals surface area contributed by atoms with Crippen LogP contribution in [0.3, 0.4) is 0 Å². The molecule has 0 spiro atoms. The van der Waals surface area contributed by atoms with Crippen molar-refractivity contribution in [3.63, 3.8) is 0 Å². The van der Waals surface area contributed by atoms with Crippen LogP contribution in [0.25, 0.3) is 0 Å². The predicted octanol–water partition coefficient (Wildman–Crippen LogP) is 20.4. The molecule has 0 aliphatic rings. The van der Waals surface area contributed by atoms with Gasteiger partial charge in [-0.2, -0.15) is 0 Å². The van der Waals surface area contributed by atoms with Crippen molar-refractivity contribution in [3.05, 3.63) is 36.5 Å². The Kier molecular flexibility index (Phi) is 57.7. The molecule has 0 aliphatic heterocycles. The van der Waals surface area contributed by atoms with Crippen LogP contribution < -0.4 is 5.32 Å². The minimum absolute atomic E-state index is 0.0259. The Hall–Kier alpha value is -1.39. The van der Waals surface area contributed by atoms with E-state index in [1.54, 1.807) is 0 Å². The summed E-state index contributed by atoms with van der Waals surface area (Å²) in [5.74, 6) is -0.0259. The van der Waals surface area contributed by atoms with Crippen LogP contribution in [0.1, 0.15) is 341 Å². The predicted molar refractivity (Wildman–Crippen MR) is 299 cm³/mol. The Morgan fingerprint density at radius 3 is 0.910 bits per heavy atom. The lowest BCUT2D eigenvalue weighted by Crippen LogP contribution is -2.45. The first-order valence-electron chi connectivity index (χ1n) is 30.7. The molecule has 4 nitrogen and oxygen atoms in total. The molecule has 0 bridgehead atoms. The molecule has 0 aliphatic carbocycles. The van der Waals surface area contributed by atoms with E-state index in [4.69, 9.17) is 0 Å². The second-order valence-corrected chi connectivity index (χ2v) is 21.1. The number of allylic oxidation sites excluding steroid dienone is 6. The van der Waals surface area contributed by atoms with Crippen molar-refractivity contribution < 1.29 is 15.0 Å². The average Bonchev–Trinajstić information content (AvgIpc) is 3.33. The van der Waals surface area contributed by atoms with E-state index in [1.807, 2.05) is 0 Å². The Morgan fingerprint density at radius 2 is 0.612 bits per heavy atom.